The molecular formula is C16H23N3O2S. The number of rotatable bonds is 4. The summed E-state index contributed by atoms with van der Waals surface area (Å²) in [6.45, 7) is 4.56. The fourth-order valence-electron chi connectivity index (χ4n) is 3.55. The van der Waals surface area contributed by atoms with Gasteiger partial charge in [-0.3, -0.25) is 14.5 Å². The zero-order valence-electron chi connectivity index (χ0n) is 13.0. The number of anilines is 1. The smallest absolute Gasteiger partial charge is 0.251 e. The number of hydrogen-bond acceptors (Lipinski definition) is 4. The highest BCUT2D eigenvalue weighted by Gasteiger charge is 2.26. The van der Waals surface area contributed by atoms with E-state index in [1.165, 1.54) is 22.6 Å². The highest BCUT2D eigenvalue weighted by atomic mass is 32.1. The number of primary amides is 1. The van der Waals surface area contributed by atoms with Crippen molar-refractivity contribution in [3.05, 3.63) is 16.0 Å². The highest BCUT2D eigenvalue weighted by molar-refractivity contribution is 7.17. The van der Waals surface area contributed by atoms with Crippen LogP contribution in [0.4, 0.5) is 5.00 Å². The first-order valence-electron chi connectivity index (χ1n) is 8.01. The van der Waals surface area contributed by atoms with Crippen LogP contribution in [0.15, 0.2) is 0 Å². The van der Waals surface area contributed by atoms with Crippen molar-refractivity contribution < 1.29 is 9.59 Å². The van der Waals surface area contributed by atoms with Crippen LogP contribution in [0, 0.1) is 5.92 Å². The fraction of sp³-hybridized carbons (Fsp3) is 0.625. The summed E-state index contributed by atoms with van der Waals surface area (Å²) in [4.78, 5) is 27.4. The van der Waals surface area contributed by atoms with Crippen molar-refractivity contribution in [1.29, 1.82) is 0 Å². The number of carbonyl (C=O) groups is 2. The summed E-state index contributed by atoms with van der Waals surface area (Å²) >= 11 is 1.52. The minimum absolute atomic E-state index is 0.0449. The van der Waals surface area contributed by atoms with Crippen molar-refractivity contribution in [2.45, 2.75) is 39.0 Å². The Morgan fingerprint density at radius 1 is 1.36 bits per heavy atom. The Morgan fingerprint density at radius 2 is 2.18 bits per heavy atom. The first-order valence-corrected chi connectivity index (χ1v) is 8.82. The van der Waals surface area contributed by atoms with E-state index in [1.54, 1.807) is 0 Å². The second-order valence-corrected chi connectivity index (χ2v) is 7.56. The summed E-state index contributed by atoms with van der Waals surface area (Å²) in [6, 6.07) is 0. The van der Waals surface area contributed by atoms with Gasteiger partial charge in [0.2, 0.25) is 5.91 Å². The molecule has 3 N–H and O–H groups in total. The first-order chi connectivity index (χ1) is 10.5. The summed E-state index contributed by atoms with van der Waals surface area (Å²) in [5.41, 5.74) is 7.11. The minimum Gasteiger partial charge on any atom is -0.365 e. The number of likely N-dealkylation sites (tertiary alicyclic amines) is 1. The lowest BCUT2D eigenvalue weighted by Gasteiger charge is -2.30. The van der Waals surface area contributed by atoms with Crippen molar-refractivity contribution in [2.24, 2.45) is 11.7 Å². The van der Waals surface area contributed by atoms with Gasteiger partial charge in [-0.2, -0.15) is 0 Å². The van der Waals surface area contributed by atoms with E-state index in [1.807, 2.05) is 0 Å². The van der Waals surface area contributed by atoms with Gasteiger partial charge in [0.1, 0.15) is 5.00 Å². The maximum absolute atomic E-state index is 12.3. The van der Waals surface area contributed by atoms with E-state index in [0.29, 0.717) is 23.0 Å². The molecule has 2 amide bonds. The number of nitrogens with zero attached hydrogens (tertiary/aromatic N) is 1. The normalized spacial score (nSPS) is 21.6. The van der Waals surface area contributed by atoms with Gasteiger partial charge in [0, 0.05) is 11.4 Å². The number of nitrogens with two attached hydrogens (primary N) is 1. The third-order valence-corrected chi connectivity index (χ3v) is 5.74. The standard InChI is InChI=1S/C16H23N3O2S/c1-10-4-3-7-19(8-10)9-13(20)18-16-14(15(17)21)11-5-2-6-12(11)22-16/h10H,2-9H2,1H3,(H2,17,21)(H,18,20)/t10-/m0/s1. The Balaban J connectivity index is 1.68. The van der Waals surface area contributed by atoms with Crippen LogP contribution in [0.25, 0.3) is 0 Å². The van der Waals surface area contributed by atoms with Gasteiger partial charge in [-0.25, -0.2) is 0 Å². The predicted molar refractivity (Wildman–Crippen MR) is 88.3 cm³/mol. The van der Waals surface area contributed by atoms with Gasteiger partial charge in [-0.15, -0.1) is 11.3 Å². The number of aryl methyl sites for hydroxylation is 1. The summed E-state index contributed by atoms with van der Waals surface area (Å²) in [5.74, 6) is 0.172. The van der Waals surface area contributed by atoms with Gasteiger partial charge in [-0.05, 0) is 50.1 Å². The molecule has 2 heterocycles. The van der Waals surface area contributed by atoms with E-state index in [9.17, 15) is 9.59 Å². The number of nitrogens with one attached hydrogen (secondary N) is 1. The molecule has 0 spiro atoms. The molecule has 6 heteroatoms. The number of carbonyl (C=O) groups excluding carboxylic acids is 2. The largest absolute Gasteiger partial charge is 0.365 e. The van der Waals surface area contributed by atoms with Crippen molar-refractivity contribution in [3.63, 3.8) is 0 Å². The number of thiophene rings is 1. The quantitative estimate of drug-likeness (QED) is 0.890. The van der Waals surface area contributed by atoms with E-state index >= 15 is 0 Å². The van der Waals surface area contributed by atoms with Gasteiger partial charge in [0.15, 0.2) is 0 Å². The zero-order chi connectivity index (χ0) is 15.7. The van der Waals surface area contributed by atoms with Crippen LogP contribution < -0.4 is 11.1 Å². The monoisotopic (exact) mass is 321 g/mol. The molecule has 0 aromatic carbocycles. The second-order valence-electron chi connectivity index (χ2n) is 6.46. The average molecular weight is 321 g/mol. The Hall–Kier alpha value is -1.40. The lowest BCUT2D eigenvalue weighted by Crippen LogP contribution is -2.39. The van der Waals surface area contributed by atoms with E-state index in [4.69, 9.17) is 5.73 Å². The third kappa shape index (κ3) is 3.17. The lowest BCUT2D eigenvalue weighted by atomic mass is 10.0. The topological polar surface area (TPSA) is 75.4 Å². The molecule has 120 valence electrons. The maximum atomic E-state index is 12.3. The van der Waals surface area contributed by atoms with Crippen molar-refractivity contribution in [2.75, 3.05) is 25.0 Å². The molecule has 0 bridgehead atoms. The van der Waals surface area contributed by atoms with Crippen LogP contribution in [0.2, 0.25) is 0 Å². The molecule has 1 aromatic rings. The molecular weight excluding hydrogens is 298 g/mol. The molecule has 1 atom stereocenters. The van der Waals surface area contributed by atoms with Crippen LogP contribution in [-0.2, 0) is 17.6 Å². The van der Waals surface area contributed by atoms with Gasteiger partial charge in [0.25, 0.3) is 5.91 Å². The van der Waals surface area contributed by atoms with E-state index in [0.717, 1.165) is 44.3 Å². The Labute approximate surface area is 134 Å². The van der Waals surface area contributed by atoms with Crippen LogP contribution in [0.1, 0.15) is 47.0 Å². The predicted octanol–water partition coefficient (Wildman–Crippen LogP) is 2.01. The summed E-state index contributed by atoms with van der Waals surface area (Å²) in [5, 5.41) is 3.57. The maximum Gasteiger partial charge on any atom is 0.251 e. The zero-order valence-corrected chi connectivity index (χ0v) is 13.8. The Bertz CT molecular complexity index is 596. The molecule has 1 saturated heterocycles. The van der Waals surface area contributed by atoms with Crippen LogP contribution >= 0.6 is 11.3 Å². The molecule has 1 aliphatic carbocycles. The summed E-state index contributed by atoms with van der Waals surface area (Å²) in [6.07, 6.45) is 5.33. The average Bonchev–Trinajstić information content (AvgIpc) is 2.97. The summed E-state index contributed by atoms with van der Waals surface area (Å²) in [7, 11) is 0. The van der Waals surface area contributed by atoms with Crippen LogP contribution in [-0.4, -0.2) is 36.3 Å². The van der Waals surface area contributed by atoms with Gasteiger partial charge in [0.05, 0.1) is 12.1 Å². The highest BCUT2D eigenvalue weighted by Crippen LogP contribution is 2.38. The molecule has 1 aliphatic heterocycles. The third-order valence-electron chi connectivity index (χ3n) is 4.53. The van der Waals surface area contributed by atoms with Gasteiger partial charge in [-0.1, -0.05) is 6.92 Å². The van der Waals surface area contributed by atoms with Crippen molar-refractivity contribution in [1.82, 2.24) is 4.90 Å². The first kappa shape index (κ1) is 15.5. The number of amides is 2. The van der Waals surface area contributed by atoms with Gasteiger partial charge >= 0.3 is 0 Å². The van der Waals surface area contributed by atoms with E-state index in [2.05, 4.69) is 17.1 Å². The molecule has 2 aliphatic rings. The molecule has 1 fully saturated rings. The molecule has 1 aromatic heterocycles. The molecule has 3 rings (SSSR count). The minimum atomic E-state index is -0.429. The van der Waals surface area contributed by atoms with E-state index in [-0.39, 0.29) is 5.91 Å². The number of hydrogen-bond donors (Lipinski definition) is 2. The molecule has 0 unspecified atom stereocenters. The Kier molecular flexibility index (Phi) is 4.49. The molecule has 0 radical (unpaired) electrons. The Morgan fingerprint density at radius 3 is 2.91 bits per heavy atom. The molecule has 0 saturated carbocycles. The molecule has 5 nitrogen and oxygen atoms in total. The van der Waals surface area contributed by atoms with Gasteiger partial charge < -0.3 is 11.1 Å². The SMILES string of the molecule is C[C@H]1CCCN(CC(=O)Nc2sc3c(c2C(N)=O)CCC3)C1. The lowest BCUT2D eigenvalue weighted by molar-refractivity contribution is -0.117. The summed E-state index contributed by atoms with van der Waals surface area (Å²) < 4.78 is 0. The van der Waals surface area contributed by atoms with Crippen molar-refractivity contribution in [3.8, 4) is 0 Å². The van der Waals surface area contributed by atoms with Crippen LogP contribution in [0.3, 0.4) is 0 Å². The number of piperidine rings is 1. The van der Waals surface area contributed by atoms with Crippen LogP contribution in [0.5, 0.6) is 0 Å². The fourth-order valence-corrected chi connectivity index (χ4v) is 4.86. The number of fused-ring (bicyclic) bond motifs is 1. The molecule has 22 heavy (non-hydrogen) atoms. The van der Waals surface area contributed by atoms with Crippen molar-refractivity contribution >= 4 is 28.2 Å². The second kappa shape index (κ2) is 6.38. The van der Waals surface area contributed by atoms with E-state index < -0.39 is 5.91 Å².